The average Bonchev–Trinajstić information content (AvgIpc) is 3.11. The second kappa shape index (κ2) is 6.05. The number of nitrogen functional groups attached to an aromatic ring is 1. The number of aromatic nitrogens is 3. The minimum atomic E-state index is 0.564. The number of pyridine rings is 1. The van der Waals surface area contributed by atoms with Crippen molar-refractivity contribution in [3.8, 4) is 11.3 Å². The lowest BCUT2D eigenvalue weighted by molar-refractivity contribution is 0.325. The monoisotopic (exact) mass is 271 g/mol. The van der Waals surface area contributed by atoms with Gasteiger partial charge >= 0.3 is 0 Å². The summed E-state index contributed by atoms with van der Waals surface area (Å²) in [6, 6.07) is 3.91. The molecule has 1 saturated heterocycles. The Morgan fingerprint density at radius 3 is 2.85 bits per heavy atom. The van der Waals surface area contributed by atoms with Gasteiger partial charge in [0.25, 0.3) is 0 Å². The van der Waals surface area contributed by atoms with Crippen LogP contribution in [-0.2, 0) is 6.54 Å². The number of imidazole rings is 1. The van der Waals surface area contributed by atoms with Gasteiger partial charge < -0.3 is 15.2 Å². The number of likely N-dealkylation sites (tertiary alicyclic amines) is 1. The van der Waals surface area contributed by atoms with Crippen molar-refractivity contribution in [2.75, 3.05) is 25.4 Å². The molecule has 5 heteroatoms. The molecule has 1 aliphatic heterocycles. The number of aryl methyl sites for hydroxylation is 1. The Morgan fingerprint density at radius 2 is 2.05 bits per heavy atom. The van der Waals surface area contributed by atoms with Gasteiger partial charge in [-0.05, 0) is 51.0 Å². The summed E-state index contributed by atoms with van der Waals surface area (Å²) in [6.07, 6.45) is 9.30. The summed E-state index contributed by atoms with van der Waals surface area (Å²) in [7, 11) is 0. The zero-order valence-corrected chi connectivity index (χ0v) is 11.7. The second-order valence-electron chi connectivity index (χ2n) is 5.31. The summed E-state index contributed by atoms with van der Waals surface area (Å²) in [5, 5.41) is 0. The standard InChI is InChI=1S/C15H21N5/c16-15-13(5-3-6-18-15)14-11-17-12-20(14)10-4-9-19-7-1-2-8-19/h3,5-6,11-12H,1-2,4,7-10H2,(H2,16,18). The molecular weight excluding hydrogens is 250 g/mol. The van der Waals surface area contributed by atoms with Gasteiger partial charge in [-0.15, -0.1) is 0 Å². The third kappa shape index (κ3) is 2.82. The molecule has 0 amide bonds. The smallest absolute Gasteiger partial charge is 0.132 e. The Hall–Kier alpha value is -1.88. The van der Waals surface area contributed by atoms with Crippen molar-refractivity contribution >= 4 is 5.82 Å². The summed E-state index contributed by atoms with van der Waals surface area (Å²) in [4.78, 5) is 10.9. The van der Waals surface area contributed by atoms with Crippen LogP contribution in [0.1, 0.15) is 19.3 Å². The van der Waals surface area contributed by atoms with Gasteiger partial charge in [0.2, 0.25) is 0 Å². The predicted molar refractivity (Wildman–Crippen MR) is 80.2 cm³/mol. The third-order valence-electron chi connectivity index (χ3n) is 3.90. The first-order chi connectivity index (χ1) is 9.84. The lowest BCUT2D eigenvalue weighted by Gasteiger charge is -2.15. The van der Waals surface area contributed by atoms with Crippen LogP contribution in [0.15, 0.2) is 30.9 Å². The van der Waals surface area contributed by atoms with Crippen molar-refractivity contribution in [1.29, 1.82) is 0 Å². The first-order valence-corrected chi connectivity index (χ1v) is 7.28. The van der Waals surface area contributed by atoms with Crippen LogP contribution in [0.25, 0.3) is 11.3 Å². The lowest BCUT2D eigenvalue weighted by atomic mass is 10.2. The van der Waals surface area contributed by atoms with Gasteiger partial charge in [0.05, 0.1) is 18.2 Å². The highest BCUT2D eigenvalue weighted by molar-refractivity contribution is 5.70. The zero-order chi connectivity index (χ0) is 13.8. The fourth-order valence-electron chi connectivity index (χ4n) is 2.83. The summed E-state index contributed by atoms with van der Waals surface area (Å²) >= 11 is 0. The molecular formula is C15H21N5. The molecule has 2 aromatic heterocycles. The number of nitrogens with two attached hydrogens (primary N) is 1. The number of anilines is 1. The number of hydrogen-bond acceptors (Lipinski definition) is 4. The van der Waals surface area contributed by atoms with Crippen molar-refractivity contribution in [3.63, 3.8) is 0 Å². The van der Waals surface area contributed by atoms with E-state index in [1.54, 1.807) is 6.20 Å². The highest BCUT2D eigenvalue weighted by atomic mass is 15.1. The van der Waals surface area contributed by atoms with Crippen molar-refractivity contribution in [3.05, 3.63) is 30.9 Å². The summed E-state index contributed by atoms with van der Waals surface area (Å²) in [6.45, 7) is 4.65. The maximum absolute atomic E-state index is 5.95. The molecule has 0 saturated carbocycles. The van der Waals surface area contributed by atoms with E-state index in [4.69, 9.17) is 5.73 Å². The molecule has 3 rings (SSSR count). The van der Waals surface area contributed by atoms with Crippen molar-refractivity contribution in [1.82, 2.24) is 19.4 Å². The average molecular weight is 271 g/mol. The van der Waals surface area contributed by atoms with Crippen molar-refractivity contribution in [2.45, 2.75) is 25.8 Å². The third-order valence-corrected chi connectivity index (χ3v) is 3.90. The molecule has 0 unspecified atom stereocenters. The van der Waals surface area contributed by atoms with Gasteiger partial charge in [0.15, 0.2) is 0 Å². The Labute approximate surface area is 119 Å². The fraction of sp³-hybridized carbons (Fsp3) is 0.467. The predicted octanol–water partition coefficient (Wildman–Crippen LogP) is 2.01. The SMILES string of the molecule is Nc1ncccc1-c1cncn1CCCN1CCCC1. The Morgan fingerprint density at radius 1 is 1.20 bits per heavy atom. The molecule has 0 radical (unpaired) electrons. The Bertz CT molecular complexity index is 557. The van der Waals surface area contributed by atoms with Crippen molar-refractivity contribution in [2.24, 2.45) is 0 Å². The van der Waals surface area contributed by atoms with Gasteiger partial charge in [0.1, 0.15) is 5.82 Å². The van der Waals surface area contributed by atoms with Crippen molar-refractivity contribution < 1.29 is 0 Å². The summed E-state index contributed by atoms with van der Waals surface area (Å²) in [5.74, 6) is 0.564. The first kappa shape index (κ1) is 13.1. The molecule has 0 atom stereocenters. The Balaban J connectivity index is 1.66. The molecule has 3 heterocycles. The molecule has 2 aromatic rings. The van der Waals surface area contributed by atoms with Gasteiger partial charge in [-0.2, -0.15) is 0 Å². The molecule has 0 aliphatic carbocycles. The van der Waals surface area contributed by atoms with E-state index >= 15 is 0 Å². The van der Waals surface area contributed by atoms with Gasteiger partial charge in [-0.1, -0.05) is 0 Å². The van der Waals surface area contributed by atoms with Gasteiger partial charge in [-0.3, -0.25) is 0 Å². The molecule has 0 spiro atoms. The minimum Gasteiger partial charge on any atom is -0.383 e. The van der Waals surface area contributed by atoms with E-state index in [2.05, 4.69) is 19.4 Å². The van der Waals surface area contributed by atoms with Crippen LogP contribution < -0.4 is 5.73 Å². The minimum absolute atomic E-state index is 0.564. The Kier molecular flexibility index (Phi) is 3.97. The van der Waals surface area contributed by atoms with E-state index in [9.17, 15) is 0 Å². The molecule has 1 aliphatic rings. The summed E-state index contributed by atoms with van der Waals surface area (Å²) < 4.78 is 2.17. The summed E-state index contributed by atoms with van der Waals surface area (Å²) in [5.41, 5.74) is 7.97. The number of nitrogens with zero attached hydrogens (tertiary/aromatic N) is 4. The normalized spacial score (nSPS) is 15.8. The van der Waals surface area contributed by atoms with Gasteiger partial charge in [-0.25, -0.2) is 9.97 Å². The molecule has 1 fully saturated rings. The van der Waals surface area contributed by atoms with Crippen LogP contribution in [0.5, 0.6) is 0 Å². The van der Waals surface area contributed by atoms with E-state index in [1.807, 2.05) is 24.7 Å². The molecule has 0 aromatic carbocycles. The molecule has 106 valence electrons. The van der Waals surface area contributed by atoms with Crippen LogP contribution in [0, 0.1) is 0 Å². The quantitative estimate of drug-likeness (QED) is 0.903. The molecule has 0 bridgehead atoms. The highest BCUT2D eigenvalue weighted by Gasteiger charge is 2.12. The number of hydrogen-bond donors (Lipinski definition) is 1. The zero-order valence-electron chi connectivity index (χ0n) is 11.7. The van der Waals surface area contributed by atoms with E-state index in [-0.39, 0.29) is 0 Å². The second-order valence-corrected chi connectivity index (χ2v) is 5.31. The lowest BCUT2D eigenvalue weighted by Crippen LogP contribution is -2.21. The van der Waals surface area contributed by atoms with Crippen LogP contribution in [0.4, 0.5) is 5.82 Å². The van der Waals surface area contributed by atoms with E-state index in [0.717, 1.165) is 24.2 Å². The maximum atomic E-state index is 5.95. The molecule has 5 nitrogen and oxygen atoms in total. The van der Waals surface area contributed by atoms with Crippen LogP contribution in [0.3, 0.4) is 0 Å². The van der Waals surface area contributed by atoms with Gasteiger partial charge in [0, 0.05) is 18.3 Å². The maximum Gasteiger partial charge on any atom is 0.132 e. The first-order valence-electron chi connectivity index (χ1n) is 7.28. The van der Waals surface area contributed by atoms with E-state index in [1.165, 1.54) is 32.5 Å². The topological polar surface area (TPSA) is 60.0 Å². The number of rotatable bonds is 5. The van der Waals surface area contributed by atoms with Crippen LogP contribution in [-0.4, -0.2) is 39.1 Å². The molecule has 2 N–H and O–H groups in total. The fourth-order valence-corrected chi connectivity index (χ4v) is 2.83. The van der Waals surface area contributed by atoms with Crippen LogP contribution in [0.2, 0.25) is 0 Å². The highest BCUT2D eigenvalue weighted by Crippen LogP contribution is 2.23. The molecule has 20 heavy (non-hydrogen) atoms. The largest absolute Gasteiger partial charge is 0.383 e. The van der Waals surface area contributed by atoms with E-state index < -0.39 is 0 Å². The van der Waals surface area contributed by atoms with Crippen LogP contribution >= 0.6 is 0 Å². The van der Waals surface area contributed by atoms with E-state index in [0.29, 0.717) is 5.82 Å².